The van der Waals surface area contributed by atoms with Gasteiger partial charge in [0.2, 0.25) is 0 Å². The van der Waals surface area contributed by atoms with Gasteiger partial charge in [-0.25, -0.2) is 9.13 Å². The molecule has 0 aliphatic rings. The lowest BCUT2D eigenvalue weighted by Crippen LogP contribution is -3.00. The molecule has 1 rings (SSSR count). The molecule has 0 saturated carbocycles. The van der Waals surface area contributed by atoms with Gasteiger partial charge in [0.15, 0.2) is 18.7 Å². The maximum absolute atomic E-state index is 4.67. The molecular formula is C8H16AlCl2N2. The third kappa shape index (κ3) is 7.40. The highest BCUT2D eigenvalue weighted by molar-refractivity contribution is 6.80. The zero-order chi connectivity index (χ0) is 9.40. The van der Waals surface area contributed by atoms with Crippen LogP contribution in [0, 0.1) is 0 Å². The molecule has 0 aliphatic heterocycles. The summed E-state index contributed by atoms with van der Waals surface area (Å²) in [6.07, 6.45) is 8.82. The highest BCUT2D eigenvalue weighted by atomic mass is 35.6. The van der Waals surface area contributed by atoms with Crippen LogP contribution in [-0.4, -0.2) is 24.5 Å². The molecule has 0 unspecified atom stereocenters. The molecule has 0 aliphatic carbocycles. The van der Waals surface area contributed by atoms with Crippen molar-refractivity contribution in [3.63, 3.8) is 0 Å². The minimum absolute atomic E-state index is 0. The number of rotatable bonds is 3. The van der Waals surface area contributed by atoms with E-state index in [1.165, 1.54) is 28.2 Å². The van der Waals surface area contributed by atoms with Crippen molar-refractivity contribution in [2.75, 3.05) is 0 Å². The van der Waals surface area contributed by atoms with Gasteiger partial charge < -0.3 is 12.4 Å². The lowest BCUT2D eigenvalue weighted by atomic mass is 10.3. The van der Waals surface area contributed by atoms with Crippen LogP contribution in [0.4, 0.5) is 0 Å². The van der Waals surface area contributed by atoms with E-state index in [0.29, 0.717) is 0 Å². The number of aryl methyl sites for hydroxylation is 2. The smallest absolute Gasteiger partial charge is 0.329 e. The second kappa shape index (κ2) is 10.4. The van der Waals surface area contributed by atoms with Crippen molar-refractivity contribution >= 4 is 25.4 Å². The molecule has 0 aromatic carbocycles. The van der Waals surface area contributed by atoms with Crippen LogP contribution in [0.25, 0.3) is 0 Å². The van der Waals surface area contributed by atoms with Crippen molar-refractivity contribution in [1.29, 1.82) is 0 Å². The average molecular weight is 238 g/mol. The fraction of sp³-hybridized carbons (Fsp3) is 0.625. The predicted octanol–water partition coefficient (Wildman–Crippen LogP) is -1.05. The molecule has 0 saturated heterocycles. The molecule has 1 heterocycles. The van der Waals surface area contributed by atoms with Crippen LogP contribution in [0.3, 0.4) is 0 Å². The van der Waals surface area contributed by atoms with Gasteiger partial charge >= 0.3 is 15.4 Å². The maximum atomic E-state index is 4.67. The summed E-state index contributed by atoms with van der Waals surface area (Å²) in [4.78, 5) is 0. The first-order valence-electron chi connectivity index (χ1n) is 4.10. The molecular weight excluding hydrogens is 222 g/mol. The van der Waals surface area contributed by atoms with E-state index in [9.17, 15) is 0 Å². The monoisotopic (exact) mass is 237 g/mol. The first-order chi connectivity index (χ1) is 5.83. The van der Waals surface area contributed by atoms with Gasteiger partial charge in [-0.15, -0.1) is 0 Å². The van der Waals surface area contributed by atoms with Gasteiger partial charge in [0, 0.05) is 7.05 Å². The Morgan fingerprint density at radius 3 is 2.38 bits per heavy atom. The van der Waals surface area contributed by atoms with Crippen LogP contribution in [0.1, 0.15) is 19.8 Å². The van der Waals surface area contributed by atoms with Crippen LogP contribution in [0.15, 0.2) is 18.7 Å². The molecule has 0 amide bonds. The Labute approximate surface area is 98.9 Å². The Morgan fingerprint density at radius 2 is 2.00 bits per heavy atom. The second-order valence-electron chi connectivity index (χ2n) is 2.67. The summed E-state index contributed by atoms with van der Waals surface area (Å²) < 4.78 is 4.28. The van der Waals surface area contributed by atoms with Crippen LogP contribution < -0.4 is 12.4 Å². The Kier molecular flexibility index (Phi) is 12.6. The van der Waals surface area contributed by atoms with Crippen molar-refractivity contribution in [2.24, 2.45) is 7.05 Å². The van der Waals surface area contributed by atoms with E-state index >= 15 is 0 Å². The molecule has 0 fully saturated rings. The molecule has 1 aromatic heterocycles. The van der Waals surface area contributed by atoms with E-state index < -0.39 is 0 Å². The quantitative estimate of drug-likeness (QED) is 0.470. The SMILES string of the molecule is CCCCn1ccn(C)[cH+]1.[AlH][Cl].[Cl-]. The third-order valence-electron chi connectivity index (χ3n) is 1.59. The molecule has 2 nitrogen and oxygen atoms in total. The van der Waals surface area contributed by atoms with Gasteiger partial charge in [0.25, 0.3) is 0 Å². The van der Waals surface area contributed by atoms with Gasteiger partial charge in [-0.1, -0.05) is 13.3 Å². The van der Waals surface area contributed by atoms with Gasteiger partial charge in [0.05, 0.1) is 6.54 Å². The lowest BCUT2D eigenvalue weighted by molar-refractivity contribution is -0.00000258. The van der Waals surface area contributed by atoms with Crippen molar-refractivity contribution in [3.05, 3.63) is 18.7 Å². The molecule has 5 heteroatoms. The lowest BCUT2D eigenvalue weighted by Gasteiger charge is -1.91. The van der Waals surface area contributed by atoms with Crippen molar-refractivity contribution < 1.29 is 12.4 Å². The Hall–Kier alpha value is 0.322. The number of nitrogens with zero attached hydrogens (tertiary/aromatic N) is 2. The fourth-order valence-electron chi connectivity index (χ4n) is 0.975. The molecule has 0 N–H and O–H groups in total. The van der Waals surface area contributed by atoms with E-state index in [0.717, 1.165) is 6.54 Å². The maximum Gasteiger partial charge on any atom is 0.329 e. The standard InChI is InChI=1S/C8H15N2.Al.2ClH.H/c1-3-4-5-10-7-6-9(2)8-10;;;;/h6-8H,3-5H2,1-2H3;;2*1H;/q2*+1;;;/p-2. The molecule has 0 atom stereocenters. The predicted molar refractivity (Wildman–Crippen MR) is 55.7 cm³/mol. The van der Waals surface area contributed by atoms with E-state index in [4.69, 9.17) is 0 Å². The Balaban J connectivity index is 0. The van der Waals surface area contributed by atoms with E-state index in [1.54, 1.807) is 0 Å². The van der Waals surface area contributed by atoms with Crippen molar-refractivity contribution in [1.82, 2.24) is 9.13 Å². The van der Waals surface area contributed by atoms with Crippen LogP contribution in [0.2, 0.25) is 0 Å². The molecule has 13 heavy (non-hydrogen) atoms. The zero-order valence-corrected chi connectivity index (χ0v) is 11.1. The van der Waals surface area contributed by atoms with E-state index in [-0.39, 0.29) is 12.4 Å². The zero-order valence-electron chi connectivity index (χ0n) is 8.21. The van der Waals surface area contributed by atoms with Gasteiger partial charge in [-0.3, -0.25) is 10.0 Å². The van der Waals surface area contributed by atoms with Crippen LogP contribution in [0.5, 0.6) is 0 Å². The van der Waals surface area contributed by atoms with Gasteiger partial charge in [0.1, 0.15) is 0 Å². The summed E-state index contributed by atoms with van der Waals surface area (Å²) in [5.41, 5.74) is 0. The first-order valence-corrected chi connectivity index (χ1v) is 6.24. The number of unbranched alkanes of at least 4 members (excludes halogenated alkanes) is 1. The van der Waals surface area contributed by atoms with Gasteiger partial charge in [-0.2, -0.15) is 0 Å². The second-order valence-corrected chi connectivity index (χ2v) is 2.67. The van der Waals surface area contributed by atoms with Crippen LogP contribution in [-0.2, 0) is 13.6 Å². The number of aromatic nitrogens is 2. The average Bonchev–Trinajstić information content (AvgIpc) is 2.51. The Morgan fingerprint density at radius 1 is 1.38 bits per heavy atom. The largest absolute Gasteiger partial charge is 1.00 e. The normalized spacial score (nSPS) is 8.23. The number of halogens is 2. The number of hydrogen-bond donors (Lipinski definition) is 0. The summed E-state index contributed by atoms with van der Waals surface area (Å²) in [7, 11) is 6.71. The minimum atomic E-state index is 0. The highest BCUT2D eigenvalue weighted by Crippen LogP contribution is 1.94. The molecule has 75 valence electrons. The first kappa shape index (κ1) is 15.8. The van der Waals surface area contributed by atoms with E-state index in [1.807, 2.05) is 7.05 Å². The summed E-state index contributed by atoms with van der Waals surface area (Å²) in [5, 5.41) is 0. The van der Waals surface area contributed by atoms with E-state index in [2.05, 4.69) is 44.8 Å². The van der Waals surface area contributed by atoms with Crippen molar-refractivity contribution in [3.8, 4) is 0 Å². The number of hydrogen-bond acceptors (Lipinski definition) is 0. The summed E-state index contributed by atoms with van der Waals surface area (Å²) in [6.45, 7) is 3.36. The summed E-state index contributed by atoms with van der Waals surface area (Å²) >= 11 is 1.33. The molecule has 1 aromatic rings. The van der Waals surface area contributed by atoms with Crippen molar-refractivity contribution in [2.45, 2.75) is 26.3 Å². The summed E-state index contributed by atoms with van der Waals surface area (Å²) in [6, 6.07) is 0. The van der Waals surface area contributed by atoms with Crippen LogP contribution >= 0.6 is 10.0 Å². The summed E-state index contributed by atoms with van der Waals surface area (Å²) in [5.74, 6) is 0. The third-order valence-corrected chi connectivity index (χ3v) is 1.59. The van der Waals surface area contributed by atoms with Gasteiger partial charge in [-0.05, 0) is 6.42 Å². The topological polar surface area (TPSA) is 9.86 Å². The number of imidazole rings is 1. The highest BCUT2D eigenvalue weighted by Gasteiger charge is 1.95. The molecule has 0 bridgehead atoms. The molecule has 1 radical (unpaired) electrons. The molecule has 0 spiro atoms. The minimum Gasteiger partial charge on any atom is -1.00 e. The Bertz CT molecular complexity index is 204. The fourth-order valence-corrected chi connectivity index (χ4v) is 0.975.